The van der Waals surface area contributed by atoms with Crippen LogP contribution in [0.1, 0.15) is 17.2 Å². The molecule has 2 heterocycles. The van der Waals surface area contributed by atoms with Gasteiger partial charge < -0.3 is 19.8 Å². The highest BCUT2D eigenvalue weighted by Gasteiger charge is 2.20. The summed E-state index contributed by atoms with van der Waals surface area (Å²) >= 11 is 0. The van der Waals surface area contributed by atoms with E-state index < -0.39 is 0 Å². The van der Waals surface area contributed by atoms with Crippen LogP contribution in [0.2, 0.25) is 0 Å². The lowest BCUT2D eigenvalue weighted by molar-refractivity contribution is 0.0773. The first-order chi connectivity index (χ1) is 8.81. The maximum atomic E-state index is 5.54. The molecule has 4 nitrogen and oxygen atoms in total. The number of H-pyrrole nitrogens is 1. The van der Waals surface area contributed by atoms with Crippen molar-refractivity contribution in [3.8, 4) is 5.75 Å². The van der Waals surface area contributed by atoms with Crippen LogP contribution in [0, 0.1) is 6.92 Å². The van der Waals surface area contributed by atoms with Crippen molar-refractivity contribution in [2.24, 2.45) is 0 Å². The van der Waals surface area contributed by atoms with E-state index in [0.29, 0.717) is 0 Å². The second-order valence-corrected chi connectivity index (χ2v) is 4.66. The summed E-state index contributed by atoms with van der Waals surface area (Å²) in [5, 5.41) is 4.74. The molecule has 3 rings (SSSR count). The van der Waals surface area contributed by atoms with Gasteiger partial charge in [0, 0.05) is 18.1 Å². The van der Waals surface area contributed by atoms with Gasteiger partial charge >= 0.3 is 0 Å². The number of aryl methyl sites for hydroxylation is 1. The number of rotatable bonds is 2. The summed E-state index contributed by atoms with van der Waals surface area (Å²) in [6.45, 7) is 4.55. The summed E-state index contributed by atoms with van der Waals surface area (Å²) in [7, 11) is 1.70. The van der Waals surface area contributed by atoms with Gasteiger partial charge in [0.25, 0.3) is 0 Å². The van der Waals surface area contributed by atoms with Gasteiger partial charge in [-0.25, -0.2) is 0 Å². The van der Waals surface area contributed by atoms with E-state index in [1.807, 2.05) is 6.07 Å². The van der Waals surface area contributed by atoms with E-state index in [0.717, 1.165) is 31.0 Å². The molecule has 1 aromatic heterocycles. The molecule has 1 fully saturated rings. The minimum absolute atomic E-state index is 0.262. The topological polar surface area (TPSA) is 46.3 Å². The third-order valence-electron chi connectivity index (χ3n) is 3.55. The molecule has 96 valence electrons. The number of hydrogen-bond acceptors (Lipinski definition) is 3. The summed E-state index contributed by atoms with van der Waals surface area (Å²) < 4.78 is 10.9. The Morgan fingerprint density at radius 1 is 1.39 bits per heavy atom. The Morgan fingerprint density at radius 3 is 3.00 bits per heavy atom. The van der Waals surface area contributed by atoms with Crippen molar-refractivity contribution >= 4 is 10.9 Å². The first-order valence-corrected chi connectivity index (χ1v) is 6.27. The van der Waals surface area contributed by atoms with Gasteiger partial charge in [0.1, 0.15) is 5.75 Å². The van der Waals surface area contributed by atoms with Crippen LogP contribution in [0.25, 0.3) is 10.9 Å². The van der Waals surface area contributed by atoms with Gasteiger partial charge in [-0.05, 0) is 24.1 Å². The lowest BCUT2D eigenvalue weighted by Gasteiger charge is -2.23. The number of hydrogen-bond donors (Lipinski definition) is 2. The number of nitrogens with one attached hydrogen (secondary N) is 2. The van der Waals surface area contributed by atoms with Crippen molar-refractivity contribution in [2.75, 3.05) is 26.9 Å². The standard InChI is InChI=1S/C14H18N2O2/c1-9-3-4-12(17-2)14-13(9)10(7-16-14)11-8-18-6-5-15-11/h3-4,7,11,15-16H,5-6,8H2,1-2H3. The fourth-order valence-corrected chi connectivity index (χ4v) is 2.64. The second kappa shape index (κ2) is 4.63. The number of ether oxygens (including phenoxy) is 2. The van der Waals surface area contributed by atoms with Crippen LogP contribution in [-0.4, -0.2) is 31.9 Å². The normalized spacial score (nSPS) is 20.2. The molecule has 0 bridgehead atoms. The summed E-state index contributed by atoms with van der Waals surface area (Å²) in [5.74, 6) is 0.888. The SMILES string of the molecule is COc1ccc(C)c2c(C3COCCN3)c[nH]c12. The molecule has 0 amide bonds. The molecule has 1 saturated heterocycles. The van der Waals surface area contributed by atoms with Gasteiger partial charge in [-0.2, -0.15) is 0 Å². The number of aromatic amines is 1. The van der Waals surface area contributed by atoms with Crippen molar-refractivity contribution in [2.45, 2.75) is 13.0 Å². The minimum Gasteiger partial charge on any atom is -0.495 e. The molecule has 0 aliphatic carbocycles. The molecule has 4 heteroatoms. The predicted molar refractivity (Wildman–Crippen MR) is 71.2 cm³/mol. The van der Waals surface area contributed by atoms with Crippen LogP contribution >= 0.6 is 0 Å². The summed E-state index contributed by atoms with van der Waals surface area (Å²) in [6, 6.07) is 4.36. The Labute approximate surface area is 106 Å². The van der Waals surface area contributed by atoms with Crippen molar-refractivity contribution in [3.05, 3.63) is 29.5 Å². The summed E-state index contributed by atoms with van der Waals surface area (Å²) in [6.07, 6.45) is 2.06. The van der Waals surface area contributed by atoms with E-state index in [9.17, 15) is 0 Å². The molecule has 2 aromatic rings. The van der Waals surface area contributed by atoms with Crippen molar-refractivity contribution in [3.63, 3.8) is 0 Å². The lowest BCUT2D eigenvalue weighted by Crippen LogP contribution is -2.34. The Morgan fingerprint density at radius 2 is 2.28 bits per heavy atom. The fourth-order valence-electron chi connectivity index (χ4n) is 2.64. The van der Waals surface area contributed by atoms with E-state index in [-0.39, 0.29) is 6.04 Å². The minimum atomic E-state index is 0.262. The van der Waals surface area contributed by atoms with E-state index in [1.54, 1.807) is 7.11 Å². The third-order valence-corrected chi connectivity index (χ3v) is 3.55. The fraction of sp³-hybridized carbons (Fsp3) is 0.429. The number of benzene rings is 1. The Bertz CT molecular complexity index is 556. The molecule has 2 N–H and O–H groups in total. The highest BCUT2D eigenvalue weighted by molar-refractivity contribution is 5.91. The molecule has 1 aliphatic rings. The number of methoxy groups -OCH3 is 1. The number of aromatic nitrogens is 1. The lowest BCUT2D eigenvalue weighted by atomic mass is 10.0. The number of fused-ring (bicyclic) bond motifs is 1. The quantitative estimate of drug-likeness (QED) is 0.853. The number of morpholine rings is 1. The summed E-state index contributed by atoms with van der Waals surface area (Å²) in [5.41, 5.74) is 3.59. The third kappa shape index (κ3) is 1.78. The van der Waals surface area contributed by atoms with Crippen molar-refractivity contribution in [1.82, 2.24) is 10.3 Å². The molecular formula is C14H18N2O2. The van der Waals surface area contributed by atoms with Gasteiger partial charge in [-0.15, -0.1) is 0 Å². The smallest absolute Gasteiger partial charge is 0.142 e. The van der Waals surface area contributed by atoms with E-state index in [4.69, 9.17) is 9.47 Å². The Kier molecular flexibility index (Phi) is 2.97. The second-order valence-electron chi connectivity index (χ2n) is 4.66. The maximum absolute atomic E-state index is 5.54. The zero-order chi connectivity index (χ0) is 12.5. The zero-order valence-corrected chi connectivity index (χ0v) is 10.7. The van der Waals surface area contributed by atoms with Gasteiger partial charge in [0.2, 0.25) is 0 Å². The largest absolute Gasteiger partial charge is 0.495 e. The van der Waals surface area contributed by atoms with Crippen molar-refractivity contribution < 1.29 is 9.47 Å². The van der Waals surface area contributed by atoms with Gasteiger partial charge in [-0.3, -0.25) is 0 Å². The van der Waals surface area contributed by atoms with Crippen LogP contribution in [0.3, 0.4) is 0 Å². The molecule has 1 aliphatic heterocycles. The van der Waals surface area contributed by atoms with Crippen molar-refractivity contribution in [1.29, 1.82) is 0 Å². The molecule has 1 aromatic carbocycles. The average Bonchev–Trinajstić information content (AvgIpc) is 2.86. The highest BCUT2D eigenvalue weighted by Crippen LogP contribution is 2.33. The predicted octanol–water partition coefficient (Wildman–Crippen LogP) is 2.15. The average molecular weight is 246 g/mol. The zero-order valence-electron chi connectivity index (χ0n) is 10.7. The molecule has 18 heavy (non-hydrogen) atoms. The van der Waals surface area contributed by atoms with Gasteiger partial charge in [0.15, 0.2) is 0 Å². The van der Waals surface area contributed by atoms with Gasteiger partial charge in [0.05, 0.1) is 31.9 Å². The molecule has 0 saturated carbocycles. The van der Waals surface area contributed by atoms with Crippen LogP contribution in [0.5, 0.6) is 5.75 Å². The van der Waals surface area contributed by atoms with Crippen LogP contribution < -0.4 is 10.1 Å². The van der Waals surface area contributed by atoms with E-state index in [2.05, 4.69) is 29.5 Å². The van der Waals surface area contributed by atoms with Crippen LogP contribution in [0.15, 0.2) is 18.3 Å². The Balaban J connectivity index is 2.12. The first-order valence-electron chi connectivity index (χ1n) is 6.27. The maximum Gasteiger partial charge on any atom is 0.142 e. The summed E-state index contributed by atoms with van der Waals surface area (Å²) in [4.78, 5) is 3.33. The molecule has 1 unspecified atom stereocenters. The highest BCUT2D eigenvalue weighted by atomic mass is 16.5. The van der Waals surface area contributed by atoms with Crippen LogP contribution in [0.4, 0.5) is 0 Å². The van der Waals surface area contributed by atoms with E-state index >= 15 is 0 Å². The molecular weight excluding hydrogens is 228 g/mol. The molecule has 1 atom stereocenters. The van der Waals surface area contributed by atoms with Crippen LogP contribution in [-0.2, 0) is 4.74 Å². The monoisotopic (exact) mass is 246 g/mol. The molecule has 0 spiro atoms. The molecule has 0 radical (unpaired) electrons. The Hall–Kier alpha value is -1.52. The van der Waals surface area contributed by atoms with E-state index in [1.165, 1.54) is 16.5 Å². The van der Waals surface area contributed by atoms with Gasteiger partial charge in [-0.1, -0.05) is 6.07 Å². The first kappa shape index (κ1) is 11.6.